The van der Waals surface area contributed by atoms with Crippen LogP contribution < -0.4 is 5.73 Å². The van der Waals surface area contributed by atoms with Gasteiger partial charge in [0, 0.05) is 47.7 Å². The lowest BCUT2D eigenvalue weighted by Crippen LogP contribution is -2.16. The number of nitrogens with zero attached hydrogens (tertiary/aromatic N) is 4. The van der Waals surface area contributed by atoms with Crippen LogP contribution in [0.2, 0.25) is 0 Å². The number of pyridine rings is 1. The van der Waals surface area contributed by atoms with Crippen LogP contribution in [0.1, 0.15) is 25.7 Å². The normalized spacial score (nSPS) is 15.4. The van der Waals surface area contributed by atoms with Gasteiger partial charge < -0.3 is 5.73 Å². The quantitative estimate of drug-likeness (QED) is 0.666. The lowest BCUT2D eigenvalue weighted by atomic mass is 10.1. The van der Waals surface area contributed by atoms with Crippen molar-refractivity contribution < 1.29 is 0 Å². The van der Waals surface area contributed by atoms with E-state index in [0.717, 1.165) is 29.9 Å². The van der Waals surface area contributed by atoms with Crippen molar-refractivity contribution in [1.82, 2.24) is 19.3 Å². The fourth-order valence-corrected chi connectivity index (χ4v) is 4.39. The average molecular weight is 378 g/mol. The summed E-state index contributed by atoms with van der Waals surface area (Å²) >= 11 is 1.87. The van der Waals surface area contributed by atoms with Crippen molar-refractivity contribution in [1.29, 1.82) is 0 Å². The molecule has 4 rings (SSSR count). The number of rotatable bonds is 4. The van der Waals surface area contributed by atoms with Gasteiger partial charge in [-0.1, -0.05) is 37.1 Å². The van der Waals surface area contributed by atoms with Crippen LogP contribution in [0.5, 0.6) is 0 Å². The number of nitrogens with two attached hydrogens (primary N) is 1. The standard InChI is InChI=1S/C21H23N5S/c22-21-24-14-17(15-25-21)19-10-9-16(13-23-19)18-7-3-4-8-20(18)27-26-11-5-1-2-6-12-26/h3-4,7-10,13-15H,1-2,5-6,11-12H2,(H2,22,24,25). The molecule has 0 atom stereocenters. The summed E-state index contributed by atoms with van der Waals surface area (Å²) in [6.07, 6.45) is 10.6. The Morgan fingerprint density at radius 1 is 0.778 bits per heavy atom. The van der Waals surface area contributed by atoms with Crippen LogP contribution in [0.15, 0.2) is 59.9 Å². The fourth-order valence-electron chi connectivity index (χ4n) is 3.25. The number of hydrogen-bond acceptors (Lipinski definition) is 6. The van der Waals surface area contributed by atoms with Gasteiger partial charge in [0.25, 0.3) is 0 Å². The molecule has 0 amide bonds. The topological polar surface area (TPSA) is 67.9 Å². The van der Waals surface area contributed by atoms with Crippen LogP contribution in [0.25, 0.3) is 22.4 Å². The van der Waals surface area contributed by atoms with E-state index in [-0.39, 0.29) is 5.95 Å². The molecule has 6 heteroatoms. The summed E-state index contributed by atoms with van der Waals surface area (Å²) in [5.74, 6) is 0.273. The van der Waals surface area contributed by atoms with Crippen molar-refractivity contribution >= 4 is 17.9 Å². The molecule has 3 heterocycles. The number of aromatic nitrogens is 3. The van der Waals surface area contributed by atoms with E-state index in [4.69, 9.17) is 5.73 Å². The van der Waals surface area contributed by atoms with E-state index >= 15 is 0 Å². The molecule has 1 fully saturated rings. The van der Waals surface area contributed by atoms with Crippen molar-refractivity contribution in [2.45, 2.75) is 30.6 Å². The molecule has 2 N–H and O–H groups in total. The molecule has 27 heavy (non-hydrogen) atoms. The van der Waals surface area contributed by atoms with Crippen molar-refractivity contribution in [3.63, 3.8) is 0 Å². The second-order valence-corrected chi connectivity index (χ2v) is 7.83. The molecule has 5 nitrogen and oxygen atoms in total. The second-order valence-electron chi connectivity index (χ2n) is 6.69. The smallest absolute Gasteiger partial charge is 0.219 e. The Hall–Kier alpha value is -2.44. The minimum atomic E-state index is 0.273. The van der Waals surface area contributed by atoms with Crippen LogP contribution in [0.4, 0.5) is 5.95 Å². The molecular formula is C21H23N5S. The van der Waals surface area contributed by atoms with Crippen LogP contribution in [-0.2, 0) is 0 Å². The third-order valence-corrected chi connectivity index (χ3v) is 5.90. The van der Waals surface area contributed by atoms with Gasteiger partial charge >= 0.3 is 0 Å². The van der Waals surface area contributed by atoms with Gasteiger partial charge in [-0.3, -0.25) is 4.98 Å². The van der Waals surface area contributed by atoms with Crippen molar-refractivity contribution in [3.05, 3.63) is 55.0 Å². The van der Waals surface area contributed by atoms with Crippen LogP contribution in [0.3, 0.4) is 0 Å². The average Bonchev–Trinajstić information content (AvgIpc) is 2.98. The Morgan fingerprint density at radius 3 is 2.19 bits per heavy atom. The van der Waals surface area contributed by atoms with E-state index in [9.17, 15) is 0 Å². The van der Waals surface area contributed by atoms with Crippen LogP contribution >= 0.6 is 11.9 Å². The molecule has 1 aliphatic heterocycles. The Balaban J connectivity index is 1.57. The first-order valence-electron chi connectivity index (χ1n) is 9.36. The third kappa shape index (κ3) is 4.46. The SMILES string of the molecule is Nc1ncc(-c2ccc(-c3ccccc3SN3CCCCCC3)cn2)cn1. The Bertz CT molecular complexity index is 872. The summed E-state index contributed by atoms with van der Waals surface area (Å²) in [7, 11) is 0. The Kier molecular flexibility index (Phi) is 5.65. The molecular weight excluding hydrogens is 354 g/mol. The molecule has 0 saturated carbocycles. The molecule has 0 spiro atoms. The molecule has 138 valence electrons. The van der Waals surface area contributed by atoms with E-state index in [1.165, 1.54) is 36.1 Å². The van der Waals surface area contributed by atoms with Gasteiger partial charge in [-0.25, -0.2) is 14.3 Å². The molecule has 1 saturated heterocycles. The highest BCUT2D eigenvalue weighted by Gasteiger charge is 2.14. The molecule has 1 aromatic carbocycles. The Labute approximate surface area is 164 Å². The highest BCUT2D eigenvalue weighted by atomic mass is 32.2. The summed E-state index contributed by atoms with van der Waals surface area (Å²) in [5.41, 5.74) is 9.61. The maximum atomic E-state index is 5.56. The minimum Gasteiger partial charge on any atom is -0.368 e. The van der Waals surface area contributed by atoms with Gasteiger partial charge in [0.15, 0.2) is 0 Å². The lowest BCUT2D eigenvalue weighted by Gasteiger charge is -2.20. The number of nitrogen functional groups attached to an aromatic ring is 1. The fraction of sp³-hybridized carbons (Fsp3) is 0.286. The summed E-state index contributed by atoms with van der Waals surface area (Å²) in [5, 5.41) is 0. The zero-order chi connectivity index (χ0) is 18.5. The van der Waals surface area contributed by atoms with Crippen LogP contribution in [0, 0.1) is 0 Å². The molecule has 1 aliphatic rings. The number of benzene rings is 1. The van der Waals surface area contributed by atoms with Gasteiger partial charge in [0.2, 0.25) is 5.95 Å². The summed E-state index contributed by atoms with van der Waals surface area (Å²) in [6, 6.07) is 12.7. The molecule has 0 bridgehead atoms. The predicted molar refractivity (Wildman–Crippen MR) is 111 cm³/mol. The first kappa shape index (κ1) is 17.9. The number of anilines is 1. The van der Waals surface area contributed by atoms with Gasteiger partial charge in [-0.15, -0.1) is 0 Å². The van der Waals surface area contributed by atoms with E-state index in [1.54, 1.807) is 12.4 Å². The summed E-state index contributed by atoms with van der Waals surface area (Å²) in [6.45, 7) is 2.32. The van der Waals surface area contributed by atoms with Crippen molar-refractivity contribution in [2.24, 2.45) is 0 Å². The largest absolute Gasteiger partial charge is 0.368 e. The first-order chi connectivity index (χ1) is 13.3. The third-order valence-electron chi connectivity index (χ3n) is 4.72. The lowest BCUT2D eigenvalue weighted by molar-refractivity contribution is 0.489. The van der Waals surface area contributed by atoms with Gasteiger partial charge in [0.1, 0.15) is 0 Å². The molecule has 2 aromatic heterocycles. The first-order valence-corrected chi connectivity index (χ1v) is 10.1. The van der Waals surface area contributed by atoms with Gasteiger partial charge in [-0.2, -0.15) is 0 Å². The highest BCUT2D eigenvalue weighted by Crippen LogP contribution is 2.34. The maximum absolute atomic E-state index is 5.56. The van der Waals surface area contributed by atoms with E-state index < -0.39 is 0 Å². The summed E-state index contributed by atoms with van der Waals surface area (Å²) < 4.78 is 2.50. The van der Waals surface area contributed by atoms with Crippen LogP contribution in [-0.4, -0.2) is 32.3 Å². The predicted octanol–water partition coefficient (Wildman–Crippen LogP) is 4.67. The Morgan fingerprint density at radius 2 is 1.48 bits per heavy atom. The molecule has 0 aliphatic carbocycles. The van der Waals surface area contributed by atoms with Crippen molar-refractivity contribution in [3.8, 4) is 22.4 Å². The molecule has 0 unspecified atom stereocenters. The molecule has 0 radical (unpaired) electrons. The van der Waals surface area contributed by atoms with Crippen molar-refractivity contribution in [2.75, 3.05) is 18.8 Å². The zero-order valence-corrected chi connectivity index (χ0v) is 16.0. The van der Waals surface area contributed by atoms with Gasteiger partial charge in [-0.05, 0) is 42.5 Å². The minimum absolute atomic E-state index is 0.273. The van der Waals surface area contributed by atoms with E-state index in [0.29, 0.717) is 0 Å². The molecule has 3 aromatic rings. The maximum Gasteiger partial charge on any atom is 0.219 e. The summed E-state index contributed by atoms with van der Waals surface area (Å²) in [4.78, 5) is 14.0. The van der Waals surface area contributed by atoms with E-state index in [1.807, 2.05) is 24.2 Å². The zero-order valence-electron chi connectivity index (χ0n) is 15.2. The van der Waals surface area contributed by atoms with E-state index in [2.05, 4.69) is 49.6 Å². The number of hydrogen-bond donors (Lipinski definition) is 1. The van der Waals surface area contributed by atoms with Gasteiger partial charge in [0.05, 0.1) is 5.69 Å². The highest BCUT2D eigenvalue weighted by molar-refractivity contribution is 7.97. The second kappa shape index (κ2) is 8.50. The monoisotopic (exact) mass is 377 g/mol.